The maximum absolute atomic E-state index is 13.7. The van der Waals surface area contributed by atoms with Crippen LogP contribution in [0.25, 0.3) is 21.3 Å². The van der Waals surface area contributed by atoms with Crippen molar-refractivity contribution in [2.75, 3.05) is 5.32 Å². The zero-order valence-electron chi connectivity index (χ0n) is 19.6. The molecule has 4 rings (SSSR count). The van der Waals surface area contributed by atoms with Crippen LogP contribution in [-0.2, 0) is 17.5 Å². The number of pyridine rings is 1. The molecule has 0 aliphatic carbocycles. The minimum absolute atomic E-state index is 0.0184. The Balaban J connectivity index is 1.95. The number of hydrogen-bond donors (Lipinski definition) is 2. The Labute approximate surface area is 212 Å². The molecular weight excluding hydrogens is 519 g/mol. The molecule has 0 aliphatic heterocycles. The number of anilines is 1. The summed E-state index contributed by atoms with van der Waals surface area (Å²) in [5.41, 5.74) is 6.08. The Morgan fingerprint density at radius 1 is 1.19 bits per heavy atom. The van der Waals surface area contributed by atoms with Crippen LogP contribution in [0, 0.1) is 13.8 Å². The summed E-state index contributed by atoms with van der Waals surface area (Å²) in [6, 6.07) is 0.0315. The third kappa shape index (κ3) is 4.32. The lowest BCUT2D eigenvalue weighted by atomic mass is 10.0. The average Bonchev–Trinajstić information content (AvgIpc) is 3.47. The van der Waals surface area contributed by atoms with Crippen molar-refractivity contribution in [2.45, 2.75) is 46.5 Å². The molecule has 0 bridgehead atoms. The molecule has 9 nitrogen and oxygen atoms in total. The van der Waals surface area contributed by atoms with Gasteiger partial charge in [-0.2, -0.15) is 23.4 Å². The van der Waals surface area contributed by atoms with Gasteiger partial charge in [0.05, 0.1) is 28.8 Å². The molecule has 3 N–H and O–H groups in total. The Bertz CT molecular complexity index is 1510. The van der Waals surface area contributed by atoms with E-state index in [4.69, 9.17) is 17.3 Å². The molecule has 2 amide bonds. The van der Waals surface area contributed by atoms with E-state index < -0.39 is 29.7 Å². The highest BCUT2D eigenvalue weighted by molar-refractivity contribution is 7.21. The van der Waals surface area contributed by atoms with E-state index >= 15 is 0 Å². The van der Waals surface area contributed by atoms with Crippen LogP contribution >= 0.6 is 22.9 Å². The highest BCUT2D eigenvalue weighted by atomic mass is 35.5. The number of amides is 2. The second-order valence-electron chi connectivity index (χ2n) is 8.05. The van der Waals surface area contributed by atoms with Gasteiger partial charge in [0, 0.05) is 23.2 Å². The summed E-state index contributed by atoms with van der Waals surface area (Å²) in [5.74, 6) is -1.49. The van der Waals surface area contributed by atoms with Crippen LogP contribution in [-0.4, -0.2) is 36.4 Å². The summed E-state index contributed by atoms with van der Waals surface area (Å²) in [7, 11) is 0. The second-order valence-corrected chi connectivity index (χ2v) is 9.46. The van der Waals surface area contributed by atoms with Crippen molar-refractivity contribution >= 4 is 50.7 Å². The molecule has 190 valence electrons. The number of aromatic nitrogens is 5. The van der Waals surface area contributed by atoms with Crippen molar-refractivity contribution in [1.82, 2.24) is 24.5 Å². The highest BCUT2D eigenvalue weighted by Crippen LogP contribution is 2.44. The van der Waals surface area contributed by atoms with Crippen LogP contribution in [0.5, 0.6) is 0 Å². The van der Waals surface area contributed by atoms with Crippen LogP contribution in [0.3, 0.4) is 0 Å². The van der Waals surface area contributed by atoms with E-state index in [0.29, 0.717) is 39.9 Å². The van der Waals surface area contributed by atoms with Crippen LogP contribution in [0.1, 0.15) is 46.6 Å². The number of nitrogens with zero attached hydrogens (tertiary/aromatic N) is 5. The van der Waals surface area contributed by atoms with Gasteiger partial charge in [0.25, 0.3) is 5.91 Å². The summed E-state index contributed by atoms with van der Waals surface area (Å²) in [6.07, 6.45) is -1.91. The molecule has 4 aromatic rings. The van der Waals surface area contributed by atoms with E-state index in [1.807, 2.05) is 6.92 Å². The maximum Gasteiger partial charge on any atom is 0.433 e. The molecule has 14 heteroatoms. The van der Waals surface area contributed by atoms with E-state index in [1.165, 1.54) is 17.1 Å². The van der Waals surface area contributed by atoms with E-state index in [9.17, 15) is 22.8 Å². The van der Waals surface area contributed by atoms with Gasteiger partial charge in [-0.05, 0) is 39.3 Å². The number of nitrogens with one attached hydrogen (secondary N) is 1. The van der Waals surface area contributed by atoms with Crippen LogP contribution < -0.4 is 11.1 Å². The monoisotopic (exact) mass is 539 g/mol. The molecule has 0 aliphatic rings. The molecule has 0 spiro atoms. The fourth-order valence-corrected chi connectivity index (χ4v) is 5.05. The van der Waals surface area contributed by atoms with Crippen LogP contribution in [0.2, 0.25) is 5.02 Å². The number of fused-ring (bicyclic) bond motifs is 1. The number of alkyl halides is 3. The summed E-state index contributed by atoms with van der Waals surface area (Å²) < 4.78 is 44.2. The standard InChI is InChI=1S/C22H21ClF3N7O2S/c1-5-32-9(2)13(7-28-32)12-6-15(22(24,25)26)30-21-16(12)17(18(36-21)19(27)34)31-20(35)11(4)33-10(3)14(23)8-29-33/h6-8,11H,5H2,1-4H3,(H2,27,34)(H,31,35). The maximum atomic E-state index is 13.7. The molecule has 4 aromatic heterocycles. The first-order chi connectivity index (χ1) is 16.8. The van der Waals surface area contributed by atoms with Gasteiger partial charge in [0.15, 0.2) is 0 Å². The first-order valence-corrected chi connectivity index (χ1v) is 11.9. The molecule has 0 radical (unpaired) electrons. The number of primary amides is 1. The van der Waals surface area contributed by atoms with Crippen molar-refractivity contribution in [3.05, 3.63) is 45.4 Å². The normalized spacial score (nSPS) is 12.8. The van der Waals surface area contributed by atoms with Gasteiger partial charge in [-0.25, -0.2) is 4.98 Å². The predicted octanol–water partition coefficient (Wildman–Crippen LogP) is 4.96. The molecule has 0 fully saturated rings. The highest BCUT2D eigenvalue weighted by Gasteiger charge is 2.36. The Hall–Kier alpha value is -3.45. The van der Waals surface area contributed by atoms with Gasteiger partial charge in [0.1, 0.15) is 21.4 Å². The Kier molecular flexibility index (Phi) is 6.56. The van der Waals surface area contributed by atoms with Crippen molar-refractivity contribution in [3.63, 3.8) is 0 Å². The van der Waals surface area contributed by atoms with Crippen LogP contribution in [0.15, 0.2) is 18.5 Å². The number of halogens is 4. The fraction of sp³-hybridized carbons (Fsp3) is 0.318. The Morgan fingerprint density at radius 2 is 1.89 bits per heavy atom. The average molecular weight is 540 g/mol. The molecular formula is C22H21ClF3N7O2S. The number of rotatable bonds is 6. The quantitative estimate of drug-likeness (QED) is 0.358. The molecule has 0 aromatic carbocycles. The van der Waals surface area contributed by atoms with Gasteiger partial charge < -0.3 is 11.1 Å². The van der Waals surface area contributed by atoms with Crippen molar-refractivity contribution < 1.29 is 22.8 Å². The number of thiophene rings is 1. The van der Waals surface area contributed by atoms with E-state index in [2.05, 4.69) is 20.5 Å². The number of carbonyl (C=O) groups is 2. The molecule has 0 saturated heterocycles. The SMILES string of the molecule is CCn1ncc(-c2cc(C(F)(F)F)nc3sc(C(N)=O)c(NC(=O)C(C)n4ncc(Cl)c4C)c23)c1C. The van der Waals surface area contributed by atoms with Crippen molar-refractivity contribution in [1.29, 1.82) is 0 Å². The summed E-state index contributed by atoms with van der Waals surface area (Å²) >= 11 is 6.73. The first kappa shape index (κ1) is 25.6. The predicted molar refractivity (Wildman–Crippen MR) is 130 cm³/mol. The number of nitrogens with two attached hydrogens (primary N) is 1. The minimum Gasteiger partial charge on any atom is -0.365 e. The second kappa shape index (κ2) is 9.21. The fourth-order valence-electron chi connectivity index (χ4n) is 3.91. The number of hydrogen-bond acceptors (Lipinski definition) is 6. The summed E-state index contributed by atoms with van der Waals surface area (Å²) in [4.78, 5) is 29.0. The smallest absolute Gasteiger partial charge is 0.365 e. The molecule has 4 heterocycles. The zero-order chi connectivity index (χ0) is 26.5. The topological polar surface area (TPSA) is 121 Å². The van der Waals surface area contributed by atoms with Gasteiger partial charge in [-0.3, -0.25) is 19.0 Å². The minimum atomic E-state index is -4.75. The van der Waals surface area contributed by atoms with E-state index in [-0.39, 0.29) is 26.3 Å². The van der Waals surface area contributed by atoms with Gasteiger partial charge in [-0.1, -0.05) is 11.6 Å². The Morgan fingerprint density at radius 3 is 2.42 bits per heavy atom. The summed E-state index contributed by atoms with van der Waals surface area (Å²) in [5, 5.41) is 11.5. The summed E-state index contributed by atoms with van der Waals surface area (Å²) in [6.45, 7) is 7.31. The largest absolute Gasteiger partial charge is 0.433 e. The zero-order valence-corrected chi connectivity index (χ0v) is 21.1. The van der Waals surface area contributed by atoms with Gasteiger partial charge in [0.2, 0.25) is 5.91 Å². The number of carbonyl (C=O) groups excluding carboxylic acids is 2. The van der Waals surface area contributed by atoms with Gasteiger partial charge in [-0.15, -0.1) is 11.3 Å². The lowest BCUT2D eigenvalue weighted by Gasteiger charge is -2.16. The molecule has 0 saturated carbocycles. The van der Waals surface area contributed by atoms with Crippen LogP contribution in [0.4, 0.5) is 18.9 Å². The van der Waals surface area contributed by atoms with Crippen molar-refractivity contribution in [3.8, 4) is 11.1 Å². The molecule has 1 atom stereocenters. The lowest BCUT2D eigenvalue weighted by Crippen LogP contribution is -2.26. The third-order valence-electron chi connectivity index (χ3n) is 5.85. The lowest BCUT2D eigenvalue weighted by molar-refractivity contribution is -0.140. The number of aryl methyl sites for hydroxylation is 1. The third-order valence-corrected chi connectivity index (χ3v) is 7.32. The van der Waals surface area contributed by atoms with E-state index in [0.717, 1.165) is 6.07 Å². The first-order valence-electron chi connectivity index (χ1n) is 10.7. The van der Waals surface area contributed by atoms with E-state index in [1.54, 1.807) is 25.5 Å². The van der Waals surface area contributed by atoms with Crippen molar-refractivity contribution in [2.24, 2.45) is 5.73 Å². The molecule has 1 unspecified atom stereocenters. The molecule has 36 heavy (non-hydrogen) atoms. The van der Waals surface area contributed by atoms with Gasteiger partial charge >= 0.3 is 6.18 Å².